The van der Waals surface area contributed by atoms with Gasteiger partial charge in [-0.1, -0.05) is 26.0 Å². The molecule has 1 atom stereocenters. The molecule has 0 fully saturated rings. The molecule has 0 radical (unpaired) electrons. The van der Waals surface area contributed by atoms with Crippen LogP contribution in [0, 0.1) is 11.7 Å². The minimum Gasteiger partial charge on any atom is -0.481 e. The Morgan fingerprint density at radius 3 is 2.27 bits per heavy atom. The van der Waals surface area contributed by atoms with Crippen LogP contribution in [-0.2, 0) is 11.0 Å². The maximum Gasteiger partial charge on any atom is 0.416 e. The first kappa shape index (κ1) is 27.6. The standard InChI is InChI=1S/C26H25F4N3O4/c1-15(2)11-22(16-3-5-17(6-4-16)24(36)31-10-9-23(34)35)37-25-32-13-18(14-33-25)20-12-19(26(28,29)30)7-8-21(20)27/h3-8,12-15,22H,9-11H2,1-2H3,(H,31,36)(H,34,35). The second-order valence-corrected chi connectivity index (χ2v) is 8.70. The van der Waals surface area contributed by atoms with Crippen molar-refractivity contribution >= 4 is 11.9 Å². The maximum atomic E-state index is 14.2. The molecule has 0 spiro atoms. The van der Waals surface area contributed by atoms with Gasteiger partial charge in [-0.25, -0.2) is 14.4 Å². The number of carboxylic acid groups (broad SMARTS) is 1. The van der Waals surface area contributed by atoms with E-state index in [0.29, 0.717) is 24.1 Å². The molecule has 1 aromatic heterocycles. The van der Waals surface area contributed by atoms with Crippen LogP contribution >= 0.6 is 0 Å². The van der Waals surface area contributed by atoms with Gasteiger partial charge in [0.1, 0.15) is 11.9 Å². The van der Waals surface area contributed by atoms with Gasteiger partial charge < -0.3 is 15.2 Å². The molecule has 3 aromatic rings. The topological polar surface area (TPSA) is 101 Å². The lowest BCUT2D eigenvalue weighted by molar-refractivity contribution is -0.138. The van der Waals surface area contributed by atoms with Gasteiger partial charge in [0.15, 0.2) is 0 Å². The molecule has 1 amide bonds. The normalized spacial score (nSPS) is 12.3. The highest BCUT2D eigenvalue weighted by atomic mass is 19.4. The SMILES string of the molecule is CC(C)CC(Oc1ncc(-c2cc(C(F)(F)F)ccc2F)cn1)c1ccc(C(=O)NCCC(=O)O)cc1. The fourth-order valence-electron chi connectivity index (χ4n) is 3.48. The minimum atomic E-state index is -4.62. The van der Waals surface area contributed by atoms with Gasteiger partial charge in [-0.2, -0.15) is 13.2 Å². The summed E-state index contributed by atoms with van der Waals surface area (Å²) in [4.78, 5) is 30.9. The Bertz CT molecular complexity index is 1230. The summed E-state index contributed by atoms with van der Waals surface area (Å²) in [7, 11) is 0. The number of carbonyl (C=O) groups excluding carboxylic acids is 1. The van der Waals surface area contributed by atoms with Crippen LogP contribution < -0.4 is 10.1 Å². The first-order valence-electron chi connectivity index (χ1n) is 11.4. The van der Waals surface area contributed by atoms with Gasteiger partial charge in [0.05, 0.1) is 12.0 Å². The molecule has 37 heavy (non-hydrogen) atoms. The van der Waals surface area contributed by atoms with Crippen molar-refractivity contribution in [3.63, 3.8) is 0 Å². The van der Waals surface area contributed by atoms with E-state index in [-0.39, 0.29) is 36.0 Å². The Balaban J connectivity index is 1.76. The molecule has 2 aromatic carbocycles. The number of nitrogens with one attached hydrogen (secondary N) is 1. The molecule has 1 unspecified atom stereocenters. The summed E-state index contributed by atoms with van der Waals surface area (Å²) in [5, 5.41) is 11.2. The summed E-state index contributed by atoms with van der Waals surface area (Å²) in [5.74, 6) is -2.05. The van der Waals surface area contributed by atoms with Crippen molar-refractivity contribution < 1.29 is 37.0 Å². The molecule has 3 rings (SSSR count). The number of aliphatic carboxylic acids is 1. The Morgan fingerprint density at radius 1 is 1.05 bits per heavy atom. The van der Waals surface area contributed by atoms with Crippen LogP contribution in [0.4, 0.5) is 17.6 Å². The van der Waals surface area contributed by atoms with Crippen LogP contribution in [0.1, 0.15) is 54.3 Å². The lowest BCUT2D eigenvalue weighted by Crippen LogP contribution is -2.26. The lowest BCUT2D eigenvalue weighted by atomic mass is 9.98. The van der Waals surface area contributed by atoms with Crippen LogP contribution in [0.15, 0.2) is 54.9 Å². The highest BCUT2D eigenvalue weighted by molar-refractivity contribution is 5.94. The quantitative estimate of drug-likeness (QED) is 0.335. The number of carbonyl (C=O) groups is 2. The lowest BCUT2D eigenvalue weighted by Gasteiger charge is -2.20. The molecule has 11 heteroatoms. The largest absolute Gasteiger partial charge is 0.481 e. The van der Waals surface area contributed by atoms with Crippen LogP contribution in [0.3, 0.4) is 0 Å². The van der Waals surface area contributed by atoms with Crippen LogP contribution in [0.5, 0.6) is 6.01 Å². The molecule has 0 aliphatic rings. The highest BCUT2D eigenvalue weighted by Gasteiger charge is 2.31. The molecule has 0 aliphatic carbocycles. The van der Waals surface area contributed by atoms with E-state index < -0.39 is 35.5 Å². The van der Waals surface area contributed by atoms with E-state index in [0.717, 1.165) is 11.6 Å². The van der Waals surface area contributed by atoms with Crippen LogP contribution in [-0.4, -0.2) is 33.5 Å². The first-order valence-corrected chi connectivity index (χ1v) is 11.4. The van der Waals surface area contributed by atoms with Crippen molar-refractivity contribution in [3.05, 3.63) is 77.4 Å². The number of benzene rings is 2. The number of amides is 1. The molecule has 0 aliphatic heterocycles. The minimum absolute atomic E-state index is 0.00668. The second kappa shape index (κ2) is 11.8. The van der Waals surface area contributed by atoms with E-state index in [2.05, 4.69) is 15.3 Å². The van der Waals surface area contributed by atoms with Crippen molar-refractivity contribution in [2.45, 2.75) is 39.0 Å². The number of ether oxygens (including phenoxy) is 1. The van der Waals surface area contributed by atoms with Crippen molar-refractivity contribution in [2.75, 3.05) is 6.54 Å². The predicted octanol–water partition coefficient (Wildman–Crippen LogP) is 5.67. The molecule has 196 valence electrons. The summed E-state index contributed by atoms with van der Waals surface area (Å²) in [5.41, 5.74) is -0.124. The van der Waals surface area contributed by atoms with E-state index in [1.807, 2.05) is 13.8 Å². The number of rotatable bonds is 10. The van der Waals surface area contributed by atoms with Gasteiger partial charge in [0.25, 0.3) is 5.91 Å². The summed E-state index contributed by atoms with van der Waals surface area (Å²) in [6.45, 7) is 3.98. The summed E-state index contributed by atoms with van der Waals surface area (Å²) < 4.78 is 59.2. The van der Waals surface area contributed by atoms with E-state index in [4.69, 9.17) is 9.84 Å². The third kappa shape index (κ3) is 7.73. The zero-order valence-electron chi connectivity index (χ0n) is 20.1. The zero-order valence-corrected chi connectivity index (χ0v) is 20.1. The molecule has 0 saturated carbocycles. The molecule has 2 N–H and O–H groups in total. The molecule has 0 bridgehead atoms. The number of aromatic nitrogens is 2. The summed E-state index contributed by atoms with van der Waals surface area (Å²) >= 11 is 0. The number of hydrogen-bond acceptors (Lipinski definition) is 5. The number of alkyl halides is 3. The van der Waals surface area contributed by atoms with E-state index in [1.54, 1.807) is 24.3 Å². The smallest absolute Gasteiger partial charge is 0.416 e. The van der Waals surface area contributed by atoms with Crippen LogP contribution in [0.2, 0.25) is 0 Å². The second-order valence-electron chi connectivity index (χ2n) is 8.70. The Morgan fingerprint density at radius 2 is 1.70 bits per heavy atom. The fraction of sp³-hybridized carbons (Fsp3) is 0.308. The average Bonchev–Trinajstić information content (AvgIpc) is 2.83. The number of halogens is 4. The predicted molar refractivity (Wildman–Crippen MR) is 126 cm³/mol. The monoisotopic (exact) mass is 519 g/mol. The number of carboxylic acids is 1. The maximum absolute atomic E-state index is 14.2. The first-order chi connectivity index (χ1) is 17.4. The Kier molecular flexibility index (Phi) is 8.80. The van der Waals surface area contributed by atoms with Gasteiger partial charge >= 0.3 is 18.2 Å². The van der Waals surface area contributed by atoms with Gasteiger partial charge in [-0.15, -0.1) is 0 Å². The molecule has 0 saturated heterocycles. The number of nitrogens with zero attached hydrogens (tertiary/aromatic N) is 2. The van der Waals surface area contributed by atoms with Crippen molar-refractivity contribution in [3.8, 4) is 17.1 Å². The van der Waals surface area contributed by atoms with Gasteiger partial charge in [-0.05, 0) is 48.2 Å². The van der Waals surface area contributed by atoms with E-state index >= 15 is 0 Å². The molecular formula is C26H25F4N3O4. The van der Waals surface area contributed by atoms with Gasteiger partial charge in [0, 0.05) is 35.6 Å². The van der Waals surface area contributed by atoms with Crippen molar-refractivity contribution in [2.24, 2.45) is 5.92 Å². The Hall–Kier alpha value is -4.02. The van der Waals surface area contributed by atoms with Crippen LogP contribution in [0.25, 0.3) is 11.1 Å². The van der Waals surface area contributed by atoms with E-state index in [9.17, 15) is 27.2 Å². The van der Waals surface area contributed by atoms with Gasteiger partial charge in [0.2, 0.25) is 0 Å². The third-order valence-electron chi connectivity index (χ3n) is 5.34. The molecule has 7 nitrogen and oxygen atoms in total. The molecule has 1 heterocycles. The molecular weight excluding hydrogens is 494 g/mol. The fourth-order valence-corrected chi connectivity index (χ4v) is 3.48. The number of hydrogen-bond donors (Lipinski definition) is 2. The third-order valence-corrected chi connectivity index (χ3v) is 5.34. The van der Waals surface area contributed by atoms with Crippen molar-refractivity contribution in [1.29, 1.82) is 0 Å². The average molecular weight is 519 g/mol. The Labute approximate surface area is 210 Å². The zero-order chi connectivity index (χ0) is 27.2. The summed E-state index contributed by atoms with van der Waals surface area (Å²) in [6.07, 6.45) is -2.36. The highest BCUT2D eigenvalue weighted by Crippen LogP contribution is 2.34. The van der Waals surface area contributed by atoms with Gasteiger partial charge in [-0.3, -0.25) is 9.59 Å². The summed E-state index contributed by atoms with van der Waals surface area (Å²) in [6, 6.07) is 8.64. The van der Waals surface area contributed by atoms with Crippen molar-refractivity contribution in [1.82, 2.24) is 15.3 Å². The van der Waals surface area contributed by atoms with E-state index in [1.165, 1.54) is 12.4 Å².